The van der Waals surface area contributed by atoms with Crippen molar-refractivity contribution in [3.05, 3.63) is 35.1 Å². The minimum Gasteiger partial charge on any atom is -0.354 e. The summed E-state index contributed by atoms with van der Waals surface area (Å²) in [5, 5.41) is 3.45. The Balaban J connectivity index is 2.42. The van der Waals surface area contributed by atoms with Crippen LogP contribution in [0.5, 0.6) is 0 Å². The molecule has 2 rings (SSSR count). The molecule has 82 valence electrons. The molecule has 2 heterocycles. The van der Waals surface area contributed by atoms with Crippen molar-refractivity contribution in [2.45, 2.75) is 6.92 Å². The molecule has 0 saturated carbocycles. The molecule has 0 radical (unpaired) electrons. The van der Waals surface area contributed by atoms with E-state index in [1.807, 2.05) is 19.1 Å². The maximum Gasteiger partial charge on any atom is 0.263 e. The molecule has 0 saturated heterocycles. The third kappa shape index (κ3) is 1.94. The normalized spacial score (nSPS) is 10.1. The maximum absolute atomic E-state index is 11.5. The molecule has 0 atom stereocenters. The zero-order chi connectivity index (χ0) is 11.5. The minimum atomic E-state index is -0.0877. The zero-order valence-electron chi connectivity index (χ0n) is 9.02. The molecule has 16 heavy (non-hydrogen) atoms. The number of carbonyl (C=O) groups excluding carboxylic acids is 1. The Morgan fingerprint density at radius 1 is 1.38 bits per heavy atom. The molecule has 4 nitrogen and oxygen atoms in total. The van der Waals surface area contributed by atoms with Crippen molar-refractivity contribution >= 4 is 17.2 Å². The zero-order valence-corrected chi connectivity index (χ0v) is 9.84. The van der Waals surface area contributed by atoms with Gasteiger partial charge in [-0.2, -0.15) is 0 Å². The van der Waals surface area contributed by atoms with Crippen LogP contribution in [0.25, 0.3) is 10.6 Å². The van der Waals surface area contributed by atoms with Crippen LogP contribution in [-0.4, -0.2) is 22.9 Å². The van der Waals surface area contributed by atoms with Crippen LogP contribution in [0, 0.1) is 6.92 Å². The maximum atomic E-state index is 11.5. The van der Waals surface area contributed by atoms with E-state index in [1.165, 1.54) is 11.3 Å². The van der Waals surface area contributed by atoms with Crippen molar-refractivity contribution in [2.24, 2.45) is 0 Å². The van der Waals surface area contributed by atoms with Crippen LogP contribution in [0.2, 0.25) is 0 Å². The summed E-state index contributed by atoms with van der Waals surface area (Å²) in [4.78, 5) is 20.5. The van der Waals surface area contributed by atoms with E-state index in [0.29, 0.717) is 4.88 Å². The average molecular weight is 233 g/mol. The molecule has 0 aromatic carbocycles. The first-order valence-corrected chi connectivity index (χ1v) is 5.64. The highest BCUT2D eigenvalue weighted by Crippen LogP contribution is 2.27. The standard InChI is InChI=1S/C11H11N3OS/c1-7-9(10(15)12-2)16-11(14-7)8-3-5-13-6-4-8/h3-6H,1-2H3,(H,12,15). The number of aryl methyl sites for hydroxylation is 1. The molecule has 0 spiro atoms. The van der Waals surface area contributed by atoms with Gasteiger partial charge in [0, 0.05) is 25.0 Å². The largest absolute Gasteiger partial charge is 0.354 e. The van der Waals surface area contributed by atoms with Crippen LogP contribution in [0.15, 0.2) is 24.5 Å². The number of carbonyl (C=O) groups is 1. The summed E-state index contributed by atoms with van der Waals surface area (Å²) >= 11 is 1.39. The van der Waals surface area contributed by atoms with Crippen molar-refractivity contribution in [2.75, 3.05) is 7.05 Å². The fraction of sp³-hybridized carbons (Fsp3) is 0.182. The van der Waals surface area contributed by atoms with Crippen LogP contribution >= 0.6 is 11.3 Å². The average Bonchev–Trinajstić information content (AvgIpc) is 2.71. The number of pyridine rings is 1. The third-order valence-electron chi connectivity index (χ3n) is 2.16. The van der Waals surface area contributed by atoms with Gasteiger partial charge in [0.2, 0.25) is 0 Å². The highest BCUT2D eigenvalue weighted by Gasteiger charge is 2.14. The summed E-state index contributed by atoms with van der Waals surface area (Å²) < 4.78 is 0. The second-order valence-corrected chi connectivity index (χ2v) is 4.25. The summed E-state index contributed by atoms with van der Waals surface area (Å²) in [7, 11) is 1.62. The van der Waals surface area contributed by atoms with Gasteiger partial charge in [0.25, 0.3) is 5.91 Å². The number of rotatable bonds is 2. The Hall–Kier alpha value is -1.75. The lowest BCUT2D eigenvalue weighted by atomic mass is 10.3. The number of hydrogen-bond acceptors (Lipinski definition) is 4. The number of aromatic nitrogens is 2. The highest BCUT2D eigenvalue weighted by atomic mass is 32.1. The fourth-order valence-electron chi connectivity index (χ4n) is 1.34. The van der Waals surface area contributed by atoms with Crippen LogP contribution in [0.3, 0.4) is 0 Å². The van der Waals surface area contributed by atoms with Crippen molar-refractivity contribution in [3.63, 3.8) is 0 Å². The van der Waals surface area contributed by atoms with Gasteiger partial charge in [-0.05, 0) is 19.1 Å². The number of hydrogen-bond donors (Lipinski definition) is 1. The summed E-state index contributed by atoms with van der Waals surface area (Å²) in [6.45, 7) is 1.84. The minimum absolute atomic E-state index is 0.0877. The Morgan fingerprint density at radius 3 is 2.69 bits per heavy atom. The lowest BCUT2D eigenvalue weighted by Crippen LogP contribution is -2.17. The summed E-state index contributed by atoms with van der Waals surface area (Å²) in [5.41, 5.74) is 1.74. The third-order valence-corrected chi connectivity index (χ3v) is 3.36. The van der Waals surface area contributed by atoms with E-state index >= 15 is 0 Å². The van der Waals surface area contributed by atoms with E-state index in [4.69, 9.17) is 0 Å². The molecule has 5 heteroatoms. The van der Waals surface area contributed by atoms with Crippen molar-refractivity contribution in [1.82, 2.24) is 15.3 Å². The van der Waals surface area contributed by atoms with Crippen LogP contribution < -0.4 is 5.32 Å². The second kappa shape index (κ2) is 4.40. The van der Waals surface area contributed by atoms with E-state index in [9.17, 15) is 4.79 Å². The van der Waals surface area contributed by atoms with Crippen LogP contribution in [0.4, 0.5) is 0 Å². The van der Waals surface area contributed by atoms with Gasteiger partial charge in [0.1, 0.15) is 9.88 Å². The summed E-state index contributed by atoms with van der Waals surface area (Å²) in [6, 6.07) is 3.76. The monoisotopic (exact) mass is 233 g/mol. The predicted molar refractivity (Wildman–Crippen MR) is 63.5 cm³/mol. The van der Waals surface area contributed by atoms with Gasteiger partial charge in [0.15, 0.2) is 0 Å². The molecule has 0 aliphatic carbocycles. The molecular formula is C11H11N3OS. The molecule has 0 bridgehead atoms. The molecule has 2 aromatic rings. The van der Waals surface area contributed by atoms with E-state index in [2.05, 4.69) is 15.3 Å². The highest BCUT2D eigenvalue weighted by molar-refractivity contribution is 7.17. The number of thiazole rings is 1. The lowest BCUT2D eigenvalue weighted by Gasteiger charge is -1.94. The van der Waals surface area contributed by atoms with Gasteiger partial charge in [-0.15, -0.1) is 11.3 Å². The second-order valence-electron chi connectivity index (χ2n) is 3.25. The Labute approximate surface area is 97.4 Å². The molecule has 0 aliphatic rings. The van der Waals surface area contributed by atoms with Gasteiger partial charge in [-0.1, -0.05) is 0 Å². The predicted octanol–water partition coefficient (Wildman–Crippen LogP) is 1.87. The first-order chi connectivity index (χ1) is 7.72. The van der Waals surface area contributed by atoms with Gasteiger partial charge in [0.05, 0.1) is 5.69 Å². The van der Waals surface area contributed by atoms with E-state index in [-0.39, 0.29) is 5.91 Å². The van der Waals surface area contributed by atoms with Gasteiger partial charge in [-0.25, -0.2) is 4.98 Å². The van der Waals surface area contributed by atoms with Crippen LogP contribution in [0.1, 0.15) is 15.4 Å². The van der Waals surface area contributed by atoms with E-state index < -0.39 is 0 Å². The molecule has 0 aliphatic heterocycles. The summed E-state index contributed by atoms with van der Waals surface area (Å²) in [5.74, 6) is -0.0877. The molecule has 2 aromatic heterocycles. The Bertz CT molecular complexity index is 507. The molecule has 0 unspecified atom stereocenters. The SMILES string of the molecule is CNC(=O)c1sc(-c2ccncc2)nc1C. The van der Waals surface area contributed by atoms with Gasteiger partial charge >= 0.3 is 0 Å². The first-order valence-electron chi connectivity index (χ1n) is 4.82. The summed E-state index contributed by atoms with van der Waals surface area (Å²) in [6.07, 6.45) is 3.43. The molecular weight excluding hydrogens is 222 g/mol. The van der Waals surface area contributed by atoms with Gasteiger partial charge < -0.3 is 5.32 Å². The van der Waals surface area contributed by atoms with E-state index in [1.54, 1.807) is 19.4 Å². The van der Waals surface area contributed by atoms with Gasteiger partial charge in [-0.3, -0.25) is 9.78 Å². The fourth-order valence-corrected chi connectivity index (χ4v) is 2.36. The number of amides is 1. The van der Waals surface area contributed by atoms with Crippen molar-refractivity contribution in [3.8, 4) is 10.6 Å². The molecule has 0 fully saturated rings. The first kappa shape index (κ1) is 10.8. The lowest BCUT2D eigenvalue weighted by molar-refractivity contribution is 0.0966. The smallest absolute Gasteiger partial charge is 0.263 e. The number of nitrogens with zero attached hydrogens (tertiary/aromatic N) is 2. The Kier molecular flexibility index (Phi) is 2.96. The number of nitrogens with one attached hydrogen (secondary N) is 1. The molecule has 1 N–H and O–H groups in total. The molecule has 1 amide bonds. The topological polar surface area (TPSA) is 54.9 Å². The van der Waals surface area contributed by atoms with Crippen molar-refractivity contribution < 1.29 is 4.79 Å². The van der Waals surface area contributed by atoms with Crippen molar-refractivity contribution in [1.29, 1.82) is 0 Å². The van der Waals surface area contributed by atoms with Crippen LogP contribution in [-0.2, 0) is 0 Å². The van der Waals surface area contributed by atoms with E-state index in [0.717, 1.165) is 16.3 Å². The Morgan fingerprint density at radius 2 is 2.06 bits per heavy atom. The quantitative estimate of drug-likeness (QED) is 0.861.